The van der Waals surface area contributed by atoms with Crippen LogP contribution in [0.2, 0.25) is 0 Å². The van der Waals surface area contributed by atoms with Crippen molar-refractivity contribution in [3.63, 3.8) is 0 Å². The lowest BCUT2D eigenvalue weighted by Crippen LogP contribution is -2.32. The largest absolute Gasteiger partial charge is 0.506 e. The minimum atomic E-state index is 0.0449. The van der Waals surface area contributed by atoms with Gasteiger partial charge in [0.05, 0.1) is 6.61 Å². The van der Waals surface area contributed by atoms with E-state index in [0.29, 0.717) is 5.52 Å². The molecule has 2 N–H and O–H groups in total. The number of aliphatic hydroxyl groups excluding tert-OH is 1. The fraction of sp³-hybridized carbons (Fsp3) is 0.0909. The second-order valence-corrected chi connectivity index (χ2v) is 6.28. The molecule has 4 heteroatoms. The van der Waals surface area contributed by atoms with Gasteiger partial charge in [0.1, 0.15) is 18.3 Å². The summed E-state index contributed by atoms with van der Waals surface area (Å²) in [6.45, 7) is 0.0449. The monoisotopic (exact) mass is 343 g/mol. The average molecular weight is 343 g/mol. The summed E-state index contributed by atoms with van der Waals surface area (Å²) in [5, 5.41) is 21.3. The lowest BCUT2D eigenvalue weighted by molar-refractivity contribution is -0.646. The van der Waals surface area contributed by atoms with E-state index in [1.165, 1.54) is 0 Å². The molecule has 2 heterocycles. The number of pyridine rings is 2. The first kappa shape index (κ1) is 16.2. The maximum atomic E-state index is 9.98. The van der Waals surface area contributed by atoms with Crippen LogP contribution in [0.25, 0.3) is 34.0 Å². The van der Waals surface area contributed by atoms with Crippen LogP contribution in [0.1, 0.15) is 16.8 Å². The Labute approximate surface area is 151 Å². The van der Waals surface area contributed by atoms with Crippen LogP contribution in [0, 0.1) is 0 Å². The van der Waals surface area contributed by atoms with Gasteiger partial charge in [-0.3, -0.25) is 4.98 Å². The zero-order valence-electron chi connectivity index (χ0n) is 14.4. The van der Waals surface area contributed by atoms with Crippen LogP contribution in [-0.2, 0) is 13.7 Å². The molecule has 0 unspecified atom stereocenters. The summed E-state index contributed by atoms with van der Waals surface area (Å²) in [5.74, 6) is 0.189. The van der Waals surface area contributed by atoms with Crippen molar-refractivity contribution in [2.24, 2.45) is 7.05 Å². The summed E-state index contributed by atoms with van der Waals surface area (Å²) in [4.78, 5) is 4.26. The second-order valence-electron chi connectivity index (χ2n) is 6.28. The van der Waals surface area contributed by atoms with E-state index in [9.17, 15) is 10.2 Å². The third-order valence-corrected chi connectivity index (χ3v) is 4.67. The third-order valence-electron chi connectivity index (χ3n) is 4.67. The summed E-state index contributed by atoms with van der Waals surface area (Å²) in [7, 11) is 2.02. The first-order valence-corrected chi connectivity index (χ1v) is 8.45. The Morgan fingerprint density at radius 2 is 1.92 bits per heavy atom. The molecule has 0 bridgehead atoms. The maximum Gasteiger partial charge on any atom is 0.212 e. The van der Waals surface area contributed by atoms with Gasteiger partial charge < -0.3 is 10.2 Å². The summed E-state index contributed by atoms with van der Waals surface area (Å²) in [5.41, 5.74) is 4.67. The molecule has 0 aliphatic rings. The van der Waals surface area contributed by atoms with E-state index in [1.54, 1.807) is 12.3 Å². The van der Waals surface area contributed by atoms with Crippen molar-refractivity contribution in [3.05, 3.63) is 77.6 Å². The van der Waals surface area contributed by atoms with Crippen LogP contribution in [0.5, 0.6) is 5.75 Å². The van der Waals surface area contributed by atoms with Crippen molar-refractivity contribution < 1.29 is 14.8 Å². The Morgan fingerprint density at radius 3 is 2.77 bits per heavy atom. The van der Waals surface area contributed by atoms with Gasteiger partial charge in [0, 0.05) is 35.2 Å². The molecule has 0 saturated carbocycles. The number of aromatic nitrogens is 2. The molecule has 2 aromatic heterocycles. The van der Waals surface area contributed by atoms with Crippen LogP contribution >= 0.6 is 0 Å². The first-order chi connectivity index (χ1) is 12.7. The number of nitrogens with zero attached hydrogens (tertiary/aromatic N) is 2. The number of hydrogen-bond acceptors (Lipinski definition) is 3. The van der Waals surface area contributed by atoms with Crippen molar-refractivity contribution >= 4 is 34.0 Å². The van der Waals surface area contributed by atoms with Crippen LogP contribution < -0.4 is 4.57 Å². The van der Waals surface area contributed by atoms with Crippen LogP contribution in [0.3, 0.4) is 0 Å². The zero-order valence-corrected chi connectivity index (χ0v) is 14.4. The smallest absolute Gasteiger partial charge is 0.212 e. The van der Waals surface area contributed by atoms with E-state index in [4.69, 9.17) is 0 Å². The third kappa shape index (κ3) is 2.80. The summed E-state index contributed by atoms with van der Waals surface area (Å²) >= 11 is 0. The number of phenolic OH excluding ortho intramolecular Hbond substituents is 1. The Morgan fingerprint density at radius 1 is 1.04 bits per heavy atom. The molecule has 26 heavy (non-hydrogen) atoms. The molecule has 0 aliphatic carbocycles. The topological polar surface area (TPSA) is 57.2 Å². The molecule has 2 aromatic carbocycles. The molecular weight excluding hydrogens is 324 g/mol. The van der Waals surface area contributed by atoms with Gasteiger partial charge in [-0.25, -0.2) is 0 Å². The lowest BCUT2D eigenvalue weighted by atomic mass is 10.1. The zero-order chi connectivity index (χ0) is 18.1. The van der Waals surface area contributed by atoms with E-state index in [1.807, 2.05) is 49.5 Å². The number of aryl methyl sites for hydroxylation is 1. The van der Waals surface area contributed by atoms with Crippen molar-refractivity contribution in [1.29, 1.82) is 0 Å². The van der Waals surface area contributed by atoms with Gasteiger partial charge in [-0.05, 0) is 41.5 Å². The van der Waals surface area contributed by atoms with Crippen molar-refractivity contribution in [1.82, 2.24) is 4.98 Å². The number of hydrogen-bond donors (Lipinski definition) is 2. The van der Waals surface area contributed by atoms with Crippen molar-refractivity contribution in [2.75, 3.05) is 0 Å². The molecular formula is C22H19N2O2+. The molecule has 0 atom stereocenters. The van der Waals surface area contributed by atoms with Gasteiger partial charge in [-0.1, -0.05) is 18.2 Å². The number of rotatable bonds is 3. The molecule has 0 radical (unpaired) electrons. The predicted molar refractivity (Wildman–Crippen MR) is 103 cm³/mol. The Bertz CT molecular complexity index is 1150. The molecule has 0 aliphatic heterocycles. The van der Waals surface area contributed by atoms with Gasteiger partial charge >= 0.3 is 0 Å². The minimum absolute atomic E-state index is 0.0449. The Kier molecular flexibility index (Phi) is 4.11. The standard InChI is InChI=1S/C22H18N2O2/c1-24-18(9-6-17-13-15(14-25)4-10-20(17)24)8-5-16-7-11-21(26)22-19(16)3-2-12-23-22/h2-13,25H,14H2,1H3/p+1. The second kappa shape index (κ2) is 6.58. The fourth-order valence-electron chi connectivity index (χ4n) is 3.23. The van der Waals surface area contributed by atoms with Gasteiger partial charge in [0.25, 0.3) is 0 Å². The average Bonchev–Trinajstić information content (AvgIpc) is 2.69. The Balaban J connectivity index is 1.78. The van der Waals surface area contributed by atoms with E-state index >= 15 is 0 Å². The van der Waals surface area contributed by atoms with Gasteiger partial charge in [-0.15, -0.1) is 0 Å². The number of benzene rings is 2. The molecule has 128 valence electrons. The molecule has 0 spiro atoms. The van der Waals surface area contributed by atoms with Crippen LogP contribution in [-0.4, -0.2) is 15.2 Å². The number of aromatic hydroxyl groups is 1. The highest BCUT2D eigenvalue weighted by Crippen LogP contribution is 2.26. The predicted octanol–water partition coefficient (Wildman–Crippen LogP) is 3.58. The van der Waals surface area contributed by atoms with E-state index in [-0.39, 0.29) is 12.4 Å². The van der Waals surface area contributed by atoms with Crippen LogP contribution in [0.15, 0.2) is 60.8 Å². The summed E-state index contributed by atoms with van der Waals surface area (Å²) in [6, 6.07) is 17.5. The van der Waals surface area contributed by atoms with E-state index < -0.39 is 0 Å². The SMILES string of the molecule is C[n+]1c(C=Cc2ccc(O)c3ncccc23)ccc2cc(CO)ccc21. The van der Waals surface area contributed by atoms with E-state index in [0.717, 1.165) is 33.1 Å². The van der Waals surface area contributed by atoms with Gasteiger partial charge in [0.15, 0.2) is 0 Å². The summed E-state index contributed by atoms with van der Waals surface area (Å²) < 4.78 is 2.12. The highest BCUT2D eigenvalue weighted by atomic mass is 16.3. The Hall–Kier alpha value is -3.24. The maximum absolute atomic E-state index is 9.98. The highest BCUT2D eigenvalue weighted by Gasteiger charge is 2.10. The van der Waals surface area contributed by atoms with Gasteiger partial charge in [-0.2, -0.15) is 4.57 Å². The minimum Gasteiger partial charge on any atom is -0.506 e. The number of fused-ring (bicyclic) bond motifs is 2. The normalized spacial score (nSPS) is 11.6. The number of aliphatic hydroxyl groups is 1. The van der Waals surface area contributed by atoms with Crippen molar-refractivity contribution in [3.8, 4) is 5.75 Å². The number of phenols is 1. The van der Waals surface area contributed by atoms with Gasteiger partial charge in [0.2, 0.25) is 11.2 Å². The fourth-order valence-corrected chi connectivity index (χ4v) is 3.23. The molecule has 0 amide bonds. The lowest BCUT2D eigenvalue weighted by Gasteiger charge is -2.04. The van der Waals surface area contributed by atoms with E-state index in [2.05, 4.69) is 27.8 Å². The quantitative estimate of drug-likeness (QED) is 0.559. The first-order valence-electron chi connectivity index (χ1n) is 8.45. The van der Waals surface area contributed by atoms with Crippen LogP contribution in [0.4, 0.5) is 0 Å². The highest BCUT2D eigenvalue weighted by molar-refractivity contribution is 5.93. The molecule has 4 rings (SSSR count). The molecule has 0 saturated heterocycles. The van der Waals surface area contributed by atoms with Crippen molar-refractivity contribution in [2.45, 2.75) is 6.61 Å². The molecule has 0 fully saturated rings. The molecule has 4 aromatic rings. The summed E-state index contributed by atoms with van der Waals surface area (Å²) in [6.07, 6.45) is 5.77. The molecule has 4 nitrogen and oxygen atoms in total.